The van der Waals surface area contributed by atoms with Crippen LogP contribution in [0.15, 0.2) is 53.5 Å². The molecule has 0 aliphatic rings. The van der Waals surface area contributed by atoms with E-state index in [-0.39, 0.29) is 5.56 Å². The molecule has 0 saturated carbocycles. The molecule has 0 amide bonds. The molecule has 0 bridgehead atoms. The fraction of sp³-hybridized carbons (Fsp3) is 0.167. The molecule has 0 radical (unpaired) electrons. The maximum atomic E-state index is 12.4. The van der Waals surface area contributed by atoms with E-state index in [0.717, 1.165) is 11.1 Å². The van der Waals surface area contributed by atoms with Crippen molar-refractivity contribution in [2.45, 2.75) is 13.5 Å². The highest BCUT2D eigenvalue weighted by molar-refractivity contribution is 6.30. The maximum absolute atomic E-state index is 12.4. The number of pyridine rings is 1. The highest BCUT2D eigenvalue weighted by atomic mass is 35.5. The van der Waals surface area contributed by atoms with Crippen LogP contribution in [0, 0.1) is 6.92 Å². The predicted octanol–water partition coefficient (Wildman–Crippen LogP) is 3.32. The number of hydrogen-bond acceptors (Lipinski definition) is 4. The Bertz CT molecular complexity index is 903. The smallest absolute Gasteiger partial charge is 0.270 e. The van der Waals surface area contributed by atoms with Crippen molar-refractivity contribution in [2.24, 2.45) is 0 Å². The average Bonchev–Trinajstić information content (AvgIpc) is 2.60. The minimum Gasteiger partial charge on any atom is -0.481 e. The van der Waals surface area contributed by atoms with Crippen molar-refractivity contribution >= 4 is 11.6 Å². The van der Waals surface area contributed by atoms with E-state index in [4.69, 9.17) is 16.3 Å². The Balaban J connectivity index is 1.98. The molecule has 0 saturated heterocycles. The molecule has 0 fully saturated rings. The van der Waals surface area contributed by atoms with Crippen LogP contribution in [-0.4, -0.2) is 21.9 Å². The maximum Gasteiger partial charge on any atom is 0.270 e. The largest absolute Gasteiger partial charge is 0.481 e. The third-order valence-corrected chi connectivity index (χ3v) is 3.89. The van der Waals surface area contributed by atoms with Crippen molar-refractivity contribution < 1.29 is 4.74 Å². The zero-order valence-corrected chi connectivity index (χ0v) is 14.1. The van der Waals surface area contributed by atoms with Gasteiger partial charge < -0.3 is 4.74 Å². The van der Waals surface area contributed by atoms with Gasteiger partial charge in [0.15, 0.2) is 0 Å². The molecule has 5 nitrogen and oxygen atoms in total. The lowest BCUT2D eigenvalue weighted by Crippen LogP contribution is -2.25. The number of aromatic nitrogens is 3. The van der Waals surface area contributed by atoms with Crippen molar-refractivity contribution in [3.8, 4) is 17.1 Å². The molecule has 2 heterocycles. The van der Waals surface area contributed by atoms with Gasteiger partial charge in [0.05, 0.1) is 19.3 Å². The van der Waals surface area contributed by atoms with Gasteiger partial charge >= 0.3 is 0 Å². The van der Waals surface area contributed by atoms with Gasteiger partial charge in [0.1, 0.15) is 0 Å². The van der Waals surface area contributed by atoms with Crippen LogP contribution in [0.3, 0.4) is 0 Å². The summed E-state index contributed by atoms with van der Waals surface area (Å²) in [6, 6.07) is 12.8. The number of benzene rings is 1. The molecule has 0 spiro atoms. The first-order valence-electron chi connectivity index (χ1n) is 7.40. The van der Waals surface area contributed by atoms with E-state index in [2.05, 4.69) is 10.1 Å². The fourth-order valence-electron chi connectivity index (χ4n) is 2.34. The van der Waals surface area contributed by atoms with E-state index in [1.54, 1.807) is 44.5 Å². The quantitative estimate of drug-likeness (QED) is 0.730. The Morgan fingerprint density at radius 3 is 2.54 bits per heavy atom. The number of nitrogens with zero attached hydrogens (tertiary/aromatic N) is 3. The summed E-state index contributed by atoms with van der Waals surface area (Å²) in [4.78, 5) is 16.5. The molecule has 24 heavy (non-hydrogen) atoms. The van der Waals surface area contributed by atoms with Gasteiger partial charge in [-0.15, -0.1) is 0 Å². The molecule has 3 rings (SSSR count). The molecule has 6 heteroatoms. The van der Waals surface area contributed by atoms with Gasteiger partial charge in [0.25, 0.3) is 5.56 Å². The number of halogens is 1. The van der Waals surface area contributed by atoms with Gasteiger partial charge in [-0.2, -0.15) is 5.10 Å². The second-order valence-electron chi connectivity index (χ2n) is 5.39. The molecule has 0 N–H and O–H groups in total. The second kappa shape index (κ2) is 6.84. The molecular weight excluding hydrogens is 326 g/mol. The molecule has 0 aliphatic heterocycles. The fourth-order valence-corrected chi connectivity index (χ4v) is 2.46. The van der Waals surface area contributed by atoms with Crippen molar-refractivity contribution in [3.05, 3.63) is 75.2 Å². The average molecular weight is 342 g/mol. The topological polar surface area (TPSA) is 57.0 Å². The SMILES string of the molecule is COc1ccc(-c2cc(C)c(=O)n(Cc3ccc(Cl)cc3)n2)cn1. The van der Waals surface area contributed by atoms with E-state index < -0.39 is 0 Å². The van der Waals surface area contributed by atoms with Crippen LogP contribution in [0.5, 0.6) is 5.88 Å². The summed E-state index contributed by atoms with van der Waals surface area (Å²) in [6.07, 6.45) is 1.68. The van der Waals surface area contributed by atoms with E-state index in [1.807, 2.05) is 18.2 Å². The third-order valence-electron chi connectivity index (χ3n) is 3.64. The lowest BCUT2D eigenvalue weighted by Gasteiger charge is -2.09. The van der Waals surface area contributed by atoms with Crippen LogP contribution in [0.1, 0.15) is 11.1 Å². The number of rotatable bonds is 4. The molecule has 122 valence electrons. The molecule has 0 aliphatic carbocycles. The Labute approximate surface area is 144 Å². The zero-order chi connectivity index (χ0) is 17.1. The van der Waals surface area contributed by atoms with Gasteiger partial charge in [-0.1, -0.05) is 23.7 Å². The standard InChI is InChI=1S/C18H16ClN3O2/c1-12-9-16(14-5-8-17(24-2)20-10-14)21-22(18(12)23)11-13-3-6-15(19)7-4-13/h3-10H,11H2,1-2H3. The molecule has 0 atom stereocenters. The van der Waals surface area contributed by atoms with Gasteiger partial charge in [0, 0.05) is 28.4 Å². The normalized spacial score (nSPS) is 10.6. The summed E-state index contributed by atoms with van der Waals surface area (Å²) in [5.41, 5.74) is 2.98. The minimum atomic E-state index is -0.116. The van der Waals surface area contributed by atoms with Gasteiger partial charge in [-0.25, -0.2) is 9.67 Å². The summed E-state index contributed by atoms with van der Waals surface area (Å²) in [5.74, 6) is 0.532. The predicted molar refractivity (Wildman–Crippen MR) is 93.6 cm³/mol. The van der Waals surface area contributed by atoms with Crippen LogP contribution in [0.25, 0.3) is 11.3 Å². The van der Waals surface area contributed by atoms with Crippen molar-refractivity contribution in [2.75, 3.05) is 7.11 Å². The first-order valence-corrected chi connectivity index (χ1v) is 7.78. The lowest BCUT2D eigenvalue weighted by atomic mass is 10.1. The highest BCUT2D eigenvalue weighted by Gasteiger charge is 2.08. The first kappa shape index (κ1) is 16.2. The Kier molecular flexibility index (Phi) is 4.62. The molecule has 0 unspecified atom stereocenters. The van der Waals surface area contributed by atoms with E-state index in [1.165, 1.54) is 4.68 Å². The first-order chi connectivity index (χ1) is 11.6. The van der Waals surface area contributed by atoms with E-state index >= 15 is 0 Å². The summed E-state index contributed by atoms with van der Waals surface area (Å²) < 4.78 is 6.52. The van der Waals surface area contributed by atoms with Gasteiger partial charge in [-0.3, -0.25) is 4.79 Å². The van der Waals surface area contributed by atoms with Crippen LogP contribution >= 0.6 is 11.6 Å². The number of hydrogen-bond donors (Lipinski definition) is 0. The monoisotopic (exact) mass is 341 g/mol. The third kappa shape index (κ3) is 3.46. The molecule has 3 aromatic rings. The number of methoxy groups -OCH3 is 1. The van der Waals surface area contributed by atoms with E-state index in [0.29, 0.717) is 28.7 Å². The zero-order valence-electron chi connectivity index (χ0n) is 13.4. The van der Waals surface area contributed by atoms with Crippen LogP contribution in [0.4, 0.5) is 0 Å². The van der Waals surface area contributed by atoms with Crippen LogP contribution < -0.4 is 10.3 Å². The Morgan fingerprint density at radius 2 is 1.92 bits per heavy atom. The van der Waals surface area contributed by atoms with Gasteiger partial charge in [-0.05, 0) is 36.8 Å². The number of aryl methyl sites for hydroxylation is 1. The molecule has 2 aromatic heterocycles. The molecular formula is C18H16ClN3O2. The molecule has 1 aromatic carbocycles. The summed E-state index contributed by atoms with van der Waals surface area (Å²) >= 11 is 5.90. The van der Waals surface area contributed by atoms with Gasteiger partial charge in [0.2, 0.25) is 5.88 Å². The summed E-state index contributed by atoms with van der Waals surface area (Å²) in [6.45, 7) is 2.16. The Morgan fingerprint density at radius 1 is 1.17 bits per heavy atom. The highest BCUT2D eigenvalue weighted by Crippen LogP contribution is 2.18. The minimum absolute atomic E-state index is 0.116. The number of ether oxygens (including phenoxy) is 1. The Hall–Kier alpha value is -2.66. The summed E-state index contributed by atoms with van der Waals surface area (Å²) in [7, 11) is 1.57. The van der Waals surface area contributed by atoms with Crippen molar-refractivity contribution in [1.29, 1.82) is 0 Å². The van der Waals surface area contributed by atoms with Crippen LogP contribution in [-0.2, 0) is 6.54 Å². The lowest BCUT2D eigenvalue weighted by molar-refractivity contribution is 0.398. The van der Waals surface area contributed by atoms with Crippen molar-refractivity contribution in [3.63, 3.8) is 0 Å². The van der Waals surface area contributed by atoms with Crippen LogP contribution in [0.2, 0.25) is 5.02 Å². The van der Waals surface area contributed by atoms with Crippen molar-refractivity contribution in [1.82, 2.24) is 14.8 Å². The summed E-state index contributed by atoms with van der Waals surface area (Å²) in [5, 5.41) is 5.13. The van der Waals surface area contributed by atoms with E-state index in [9.17, 15) is 4.79 Å². The second-order valence-corrected chi connectivity index (χ2v) is 5.83.